The van der Waals surface area contributed by atoms with Crippen molar-refractivity contribution in [3.05, 3.63) is 45.3 Å². The maximum Gasteiger partial charge on any atom is 0.293 e. The number of ether oxygens (including phenoxy) is 1. The fourth-order valence-corrected chi connectivity index (χ4v) is 2.96. The van der Waals surface area contributed by atoms with Crippen molar-refractivity contribution in [3.63, 3.8) is 0 Å². The lowest BCUT2D eigenvalue weighted by atomic mass is 10.1. The predicted molar refractivity (Wildman–Crippen MR) is 120 cm³/mol. The zero-order valence-electron chi connectivity index (χ0n) is 17.7. The van der Waals surface area contributed by atoms with Crippen molar-refractivity contribution in [2.24, 2.45) is 4.99 Å². The number of halogens is 1. The minimum Gasteiger partial charge on any atom is -0.484 e. The average molecular weight is 421 g/mol. The molecule has 2 aromatic rings. The summed E-state index contributed by atoms with van der Waals surface area (Å²) in [6, 6.07) is 7.38. The van der Waals surface area contributed by atoms with Crippen LogP contribution in [0.5, 0.6) is 5.75 Å². The van der Waals surface area contributed by atoms with E-state index in [-0.39, 0.29) is 24.0 Å². The summed E-state index contributed by atoms with van der Waals surface area (Å²) in [4.78, 5) is 18.4. The van der Waals surface area contributed by atoms with Gasteiger partial charge in [0, 0.05) is 36.1 Å². The highest BCUT2D eigenvalue weighted by Gasteiger charge is 2.15. The number of rotatable bonds is 8. The van der Waals surface area contributed by atoms with Gasteiger partial charge in [-0.3, -0.25) is 14.7 Å². The molecule has 2 rings (SSSR count). The van der Waals surface area contributed by atoms with Gasteiger partial charge in [-0.25, -0.2) is 0 Å². The van der Waals surface area contributed by atoms with E-state index >= 15 is 0 Å². The standard InChI is InChI=1S/C21H29ClN4O3/c1-13(2)26-18-8-7-16(24-14(3)17(22)11-23-4)9-15(18)10-19(21(26)28)29-12-20(27)25(5)6/h7-11,13,20,24,27H,12H2,1-6H3/b17-14-,23-11-. The summed E-state index contributed by atoms with van der Waals surface area (Å²) >= 11 is 6.18. The van der Waals surface area contributed by atoms with Crippen LogP contribution in [0.25, 0.3) is 10.9 Å². The van der Waals surface area contributed by atoms with E-state index < -0.39 is 6.23 Å². The van der Waals surface area contributed by atoms with Gasteiger partial charge in [0.15, 0.2) is 5.75 Å². The summed E-state index contributed by atoms with van der Waals surface area (Å²) < 4.78 is 7.35. The Morgan fingerprint density at radius 2 is 2.07 bits per heavy atom. The molecule has 1 heterocycles. The lowest BCUT2D eigenvalue weighted by Gasteiger charge is -2.20. The summed E-state index contributed by atoms with van der Waals surface area (Å²) in [6.07, 6.45) is 0.768. The molecular weight excluding hydrogens is 392 g/mol. The molecule has 0 spiro atoms. The minimum absolute atomic E-state index is 0.00239. The van der Waals surface area contributed by atoms with Crippen LogP contribution in [0, 0.1) is 0 Å². The Hall–Kier alpha value is -2.35. The first-order chi connectivity index (χ1) is 13.6. The quantitative estimate of drug-likeness (QED) is 0.505. The summed E-state index contributed by atoms with van der Waals surface area (Å²) in [7, 11) is 5.14. The first-order valence-corrected chi connectivity index (χ1v) is 9.75. The van der Waals surface area contributed by atoms with Crippen molar-refractivity contribution < 1.29 is 9.84 Å². The monoisotopic (exact) mass is 420 g/mol. The highest BCUT2D eigenvalue weighted by atomic mass is 35.5. The number of nitrogens with one attached hydrogen (secondary N) is 1. The topological polar surface area (TPSA) is 79.1 Å². The number of allylic oxidation sites excluding steroid dienone is 2. The van der Waals surface area contributed by atoms with Gasteiger partial charge in [-0.2, -0.15) is 0 Å². The van der Waals surface area contributed by atoms with Crippen LogP contribution in [-0.2, 0) is 0 Å². The number of anilines is 1. The zero-order chi connectivity index (χ0) is 21.7. The van der Waals surface area contributed by atoms with Crippen LogP contribution in [0.15, 0.2) is 44.8 Å². The Bertz CT molecular complexity index is 980. The van der Waals surface area contributed by atoms with E-state index in [2.05, 4.69) is 10.3 Å². The second-order valence-corrected chi connectivity index (χ2v) is 7.70. The van der Waals surface area contributed by atoms with E-state index in [1.807, 2.05) is 39.0 Å². The number of aromatic nitrogens is 1. The molecule has 0 amide bonds. The summed E-state index contributed by atoms with van der Waals surface area (Å²) in [5.41, 5.74) is 2.17. The normalized spacial score (nSPS) is 14.0. The maximum atomic E-state index is 12.9. The summed E-state index contributed by atoms with van der Waals surface area (Å²) in [5.74, 6) is 0.202. The van der Waals surface area contributed by atoms with Crippen molar-refractivity contribution in [2.75, 3.05) is 33.1 Å². The number of benzene rings is 1. The van der Waals surface area contributed by atoms with Crippen LogP contribution in [0.4, 0.5) is 5.69 Å². The molecule has 1 aromatic heterocycles. The van der Waals surface area contributed by atoms with Crippen LogP contribution < -0.4 is 15.6 Å². The number of pyridine rings is 1. The zero-order valence-corrected chi connectivity index (χ0v) is 18.5. The van der Waals surface area contributed by atoms with Crippen LogP contribution in [0.3, 0.4) is 0 Å². The molecule has 1 unspecified atom stereocenters. The second kappa shape index (κ2) is 9.91. The van der Waals surface area contributed by atoms with Gasteiger partial charge in [0.2, 0.25) is 0 Å². The molecule has 1 atom stereocenters. The van der Waals surface area contributed by atoms with E-state index in [9.17, 15) is 9.90 Å². The first kappa shape index (κ1) is 22.9. The predicted octanol–water partition coefficient (Wildman–Crippen LogP) is 3.42. The number of fused-ring (bicyclic) bond motifs is 1. The molecule has 0 fully saturated rings. The SMILES string of the molecule is C/N=C\C(Cl)=C(/C)Nc1ccc2c(c1)cc(OCC(O)N(C)C)c(=O)n2C(C)C. The smallest absolute Gasteiger partial charge is 0.293 e. The Kier molecular flexibility index (Phi) is 7.84. The van der Waals surface area contributed by atoms with E-state index in [0.717, 1.165) is 22.3 Å². The van der Waals surface area contributed by atoms with Crippen molar-refractivity contribution in [1.82, 2.24) is 9.47 Å². The third-order valence-electron chi connectivity index (χ3n) is 4.44. The molecule has 0 aliphatic carbocycles. The number of hydrogen-bond donors (Lipinski definition) is 2. The molecule has 158 valence electrons. The number of likely N-dealkylation sites (N-methyl/N-ethyl adjacent to an activating group) is 1. The second-order valence-electron chi connectivity index (χ2n) is 7.29. The van der Waals surface area contributed by atoms with Crippen molar-refractivity contribution in [2.45, 2.75) is 33.0 Å². The third kappa shape index (κ3) is 5.59. The molecule has 8 heteroatoms. The Balaban J connectivity index is 2.50. The van der Waals surface area contributed by atoms with Gasteiger partial charge in [-0.15, -0.1) is 0 Å². The van der Waals surface area contributed by atoms with Gasteiger partial charge in [0.1, 0.15) is 12.8 Å². The molecule has 0 aliphatic heterocycles. The molecule has 1 aromatic carbocycles. The van der Waals surface area contributed by atoms with E-state index in [4.69, 9.17) is 16.3 Å². The van der Waals surface area contributed by atoms with Crippen LogP contribution >= 0.6 is 11.6 Å². The Labute approximate surface area is 176 Å². The molecule has 29 heavy (non-hydrogen) atoms. The van der Waals surface area contributed by atoms with Crippen molar-refractivity contribution >= 4 is 34.4 Å². The van der Waals surface area contributed by atoms with Gasteiger partial charge in [0.25, 0.3) is 5.56 Å². The van der Waals surface area contributed by atoms with Crippen LogP contribution in [0.2, 0.25) is 0 Å². The molecular formula is C21H29ClN4O3. The molecule has 0 aliphatic rings. The lowest BCUT2D eigenvalue weighted by molar-refractivity contribution is 0.00141. The van der Waals surface area contributed by atoms with Gasteiger partial charge in [-0.1, -0.05) is 11.6 Å². The van der Waals surface area contributed by atoms with E-state index in [1.54, 1.807) is 42.9 Å². The number of hydrogen-bond acceptors (Lipinski definition) is 6. The Morgan fingerprint density at radius 3 is 2.66 bits per heavy atom. The summed E-state index contributed by atoms with van der Waals surface area (Å²) in [6.45, 7) is 5.75. The lowest BCUT2D eigenvalue weighted by Crippen LogP contribution is -2.34. The fraction of sp³-hybridized carbons (Fsp3) is 0.429. The summed E-state index contributed by atoms with van der Waals surface area (Å²) in [5, 5.41) is 14.6. The number of nitrogens with zero attached hydrogens (tertiary/aromatic N) is 3. The maximum absolute atomic E-state index is 12.9. The first-order valence-electron chi connectivity index (χ1n) is 9.37. The molecule has 0 radical (unpaired) electrons. The minimum atomic E-state index is -0.805. The molecule has 0 bridgehead atoms. The highest BCUT2D eigenvalue weighted by Crippen LogP contribution is 2.25. The fourth-order valence-electron chi connectivity index (χ4n) is 2.81. The van der Waals surface area contributed by atoms with Crippen LogP contribution in [-0.4, -0.2) is 54.8 Å². The molecule has 0 saturated carbocycles. The van der Waals surface area contributed by atoms with Gasteiger partial charge in [-0.05, 0) is 59.1 Å². The van der Waals surface area contributed by atoms with E-state index in [1.165, 1.54) is 0 Å². The van der Waals surface area contributed by atoms with Crippen molar-refractivity contribution in [3.8, 4) is 5.75 Å². The largest absolute Gasteiger partial charge is 0.484 e. The molecule has 7 nitrogen and oxygen atoms in total. The Morgan fingerprint density at radius 1 is 1.38 bits per heavy atom. The molecule has 2 N–H and O–H groups in total. The third-order valence-corrected chi connectivity index (χ3v) is 4.82. The van der Waals surface area contributed by atoms with Gasteiger partial charge < -0.3 is 19.7 Å². The van der Waals surface area contributed by atoms with E-state index in [0.29, 0.717) is 5.03 Å². The van der Waals surface area contributed by atoms with Crippen molar-refractivity contribution in [1.29, 1.82) is 0 Å². The number of aliphatic hydroxyl groups excluding tert-OH is 1. The average Bonchev–Trinajstić information content (AvgIpc) is 2.65. The molecule has 0 saturated heterocycles. The number of aliphatic hydroxyl groups is 1. The van der Waals surface area contributed by atoms with Crippen LogP contribution in [0.1, 0.15) is 26.8 Å². The number of aliphatic imine (C=N–C) groups is 1. The van der Waals surface area contributed by atoms with Gasteiger partial charge in [0.05, 0.1) is 10.5 Å². The van der Waals surface area contributed by atoms with Gasteiger partial charge >= 0.3 is 0 Å². The highest BCUT2D eigenvalue weighted by molar-refractivity contribution is 6.39.